The van der Waals surface area contributed by atoms with Gasteiger partial charge in [0.05, 0.1) is 35.6 Å². The van der Waals surface area contributed by atoms with Crippen LogP contribution in [0, 0.1) is 0 Å². The van der Waals surface area contributed by atoms with Gasteiger partial charge in [0.2, 0.25) is 0 Å². The summed E-state index contributed by atoms with van der Waals surface area (Å²) in [7, 11) is -3.09. The van der Waals surface area contributed by atoms with Crippen LogP contribution in [-0.2, 0) is 20.9 Å². The Bertz CT molecular complexity index is 962. The molecule has 0 spiro atoms. The third-order valence-corrected chi connectivity index (χ3v) is 4.83. The summed E-state index contributed by atoms with van der Waals surface area (Å²) in [6, 6.07) is 7.62. The lowest BCUT2D eigenvalue weighted by molar-refractivity contribution is -0.136. The molecule has 2 rings (SSSR count). The number of rotatable bonds is 6. The fourth-order valence-corrected chi connectivity index (χ4v) is 3.36. The van der Waals surface area contributed by atoms with Crippen LogP contribution in [0.2, 0.25) is 0 Å². The molecule has 1 amide bonds. The van der Waals surface area contributed by atoms with E-state index in [1.807, 2.05) is 4.72 Å². The minimum atomic E-state index is -4.74. The van der Waals surface area contributed by atoms with E-state index in [-0.39, 0.29) is 22.9 Å². The number of hydrogen-bond acceptors (Lipinski definition) is 5. The SMILES string of the molecule is CCOC(=O)Nc1cc(S(=O)(=O)Nc2ccccc2C(F)(F)F)ccc1OC. The van der Waals surface area contributed by atoms with Gasteiger partial charge in [-0.25, -0.2) is 13.2 Å². The van der Waals surface area contributed by atoms with Gasteiger partial charge in [0.25, 0.3) is 10.0 Å². The lowest BCUT2D eigenvalue weighted by Crippen LogP contribution is -2.18. The maximum Gasteiger partial charge on any atom is 0.418 e. The number of benzene rings is 2. The minimum absolute atomic E-state index is 0.0204. The van der Waals surface area contributed by atoms with E-state index in [2.05, 4.69) is 5.32 Å². The predicted molar refractivity (Wildman–Crippen MR) is 95.9 cm³/mol. The number of sulfonamides is 1. The van der Waals surface area contributed by atoms with E-state index in [1.165, 1.54) is 19.2 Å². The number of carbonyl (C=O) groups excluding carboxylic acids is 1. The first kappa shape index (κ1) is 21.4. The molecule has 7 nitrogen and oxygen atoms in total. The number of carbonyl (C=O) groups is 1. The molecule has 28 heavy (non-hydrogen) atoms. The van der Waals surface area contributed by atoms with Crippen LogP contribution in [0.4, 0.5) is 29.3 Å². The zero-order chi connectivity index (χ0) is 20.9. The molecular weight excluding hydrogens is 401 g/mol. The molecule has 0 aliphatic heterocycles. The fourth-order valence-electron chi connectivity index (χ4n) is 2.25. The van der Waals surface area contributed by atoms with E-state index in [4.69, 9.17) is 9.47 Å². The molecule has 0 radical (unpaired) electrons. The van der Waals surface area contributed by atoms with Gasteiger partial charge in [0, 0.05) is 0 Å². The van der Waals surface area contributed by atoms with Crippen LogP contribution < -0.4 is 14.8 Å². The van der Waals surface area contributed by atoms with E-state index in [0.717, 1.165) is 30.3 Å². The molecule has 0 aromatic heterocycles. The molecular formula is C17H17F3N2O5S. The van der Waals surface area contributed by atoms with Crippen molar-refractivity contribution in [1.82, 2.24) is 0 Å². The molecule has 2 N–H and O–H groups in total. The Morgan fingerprint density at radius 2 is 1.79 bits per heavy atom. The van der Waals surface area contributed by atoms with Crippen molar-refractivity contribution in [3.63, 3.8) is 0 Å². The summed E-state index contributed by atoms with van der Waals surface area (Å²) in [5.74, 6) is 0.141. The minimum Gasteiger partial charge on any atom is -0.495 e. The molecule has 0 saturated heterocycles. The largest absolute Gasteiger partial charge is 0.495 e. The number of hydrogen-bond donors (Lipinski definition) is 2. The predicted octanol–water partition coefficient (Wildman–Crippen LogP) is 4.08. The average molecular weight is 418 g/mol. The first-order valence-electron chi connectivity index (χ1n) is 7.89. The summed E-state index contributed by atoms with van der Waals surface area (Å²) in [6.07, 6.45) is -5.58. The van der Waals surface area contributed by atoms with Crippen molar-refractivity contribution in [3.05, 3.63) is 48.0 Å². The maximum absolute atomic E-state index is 13.1. The van der Waals surface area contributed by atoms with Gasteiger partial charge in [0.15, 0.2) is 0 Å². The molecule has 0 atom stereocenters. The highest BCUT2D eigenvalue weighted by Gasteiger charge is 2.34. The average Bonchev–Trinajstić information content (AvgIpc) is 2.61. The second-order valence-electron chi connectivity index (χ2n) is 5.36. The van der Waals surface area contributed by atoms with Crippen LogP contribution in [-0.4, -0.2) is 28.2 Å². The monoisotopic (exact) mass is 418 g/mol. The highest BCUT2D eigenvalue weighted by atomic mass is 32.2. The topological polar surface area (TPSA) is 93.7 Å². The standard InChI is InChI=1S/C17H17F3N2O5S/c1-3-27-16(23)21-14-10-11(8-9-15(14)26-2)28(24,25)22-13-7-5-4-6-12(13)17(18,19)20/h4-10,22H,3H2,1-2H3,(H,21,23). The number of alkyl halides is 3. The van der Waals surface area contributed by atoms with Gasteiger partial charge < -0.3 is 9.47 Å². The highest BCUT2D eigenvalue weighted by Crippen LogP contribution is 2.36. The number of halogens is 3. The summed E-state index contributed by atoms with van der Waals surface area (Å²) >= 11 is 0. The van der Waals surface area contributed by atoms with Gasteiger partial charge in [-0.3, -0.25) is 10.0 Å². The van der Waals surface area contributed by atoms with Gasteiger partial charge in [-0.15, -0.1) is 0 Å². The number of ether oxygens (including phenoxy) is 2. The van der Waals surface area contributed by atoms with Crippen LogP contribution in [0.3, 0.4) is 0 Å². The molecule has 152 valence electrons. The molecule has 0 bridgehead atoms. The first-order valence-corrected chi connectivity index (χ1v) is 9.37. The van der Waals surface area contributed by atoms with E-state index in [0.29, 0.717) is 0 Å². The summed E-state index contributed by atoms with van der Waals surface area (Å²) in [4.78, 5) is 11.2. The van der Waals surface area contributed by atoms with Gasteiger partial charge >= 0.3 is 12.3 Å². The van der Waals surface area contributed by atoms with Crippen molar-refractivity contribution < 1.29 is 35.9 Å². The summed E-state index contributed by atoms with van der Waals surface area (Å²) < 4.78 is 76.1. The third-order valence-electron chi connectivity index (χ3n) is 3.47. The number of amides is 1. The van der Waals surface area contributed by atoms with Crippen molar-refractivity contribution in [2.75, 3.05) is 23.8 Å². The van der Waals surface area contributed by atoms with Gasteiger partial charge in [-0.1, -0.05) is 12.1 Å². The van der Waals surface area contributed by atoms with E-state index >= 15 is 0 Å². The Balaban J connectivity index is 2.40. The Morgan fingerprint density at radius 1 is 1.11 bits per heavy atom. The molecule has 0 aliphatic rings. The third kappa shape index (κ3) is 5.06. The smallest absolute Gasteiger partial charge is 0.418 e. The zero-order valence-electron chi connectivity index (χ0n) is 14.8. The van der Waals surface area contributed by atoms with Crippen LogP contribution in [0.5, 0.6) is 5.75 Å². The lowest BCUT2D eigenvalue weighted by atomic mass is 10.2. The summed E-state index contributed by atoms with van der Waals surface area (Å²) in [5, 5.41) is 2.32. The normalized spacial score (nSPS) is 11.6. The second-order valence-corrected chi connectivity index (χ2v) is 7.04. The number of anilines is 2. The van der Waals surface area contributed by atoms with E-state index < -0.39 is 33.5 Å². The lowest BCUT2D eigenvalue weighted by Gasteiger charge is -2.16. The molecule has 0 unspecified atom stereocenters. The number of nitrogens with one attached hydrogen (secondary N) is 2. The van der Waals surface area contributed by atoms with Gasteiger partial charge in [0.1, 0.15) is 5.75 Å². The van der Waals surface area contributed by atoms with Gasteiger partial charge in [-0.2, -0.15) is 13.2 Å². The molecule has 11 heteroatoms. The van der Waals surface area contributed by atoms with Crippen molar-refractivity contribution in [2.45, 2.75) is 18.0 Å². The van der Waals surface area contributed by atoms with Crippen LogP contribution in [0.1, 0.15) is 12.5 Å². The Labute approximate surface area is 159 Å². The fraction of sp³-hybridized carbons (Fsp3) is 0.235. The van der Waals surface area contributed by atoms with E-state index in [9.17, 15) is 26.4 Å². The maximum atomic E-state index is 13.1. The Kier molecular flexibility index (Phi) is 6.39. The molecule has 0 heterocycles. The van der Waals surface area contributed by atoms with Crippen molar-refractivity contribution >= 4 is 27.5 Å². The van der Waals surface area contributed by atoms with Crippen molar-refractivity contribution in [2.24, 2.45) is 0 Å². The van der Waals surface area contributed by atoms with Crippen molar-refractivity contribution in [3.8, 4) is 5.75 Å². The summed E-state index contributed by atoms with van der Waals surface area (Å²) in [6.45, 7) is 1.67. The van der Waals surface area contributed by atoms with Crippen LogP contribution in [0.15, 0.2) is 47.4 Å². The molecule has 0 saturated carbocycles. The molecule has 0 aliphatic carbocycles. The second kappa shape index (κ2) is 8.38. The number of para-hydroxylation sites is 1. The molecule has 2 aromatic rings. The Morgan fingerprint density at radius 3 is 2.39 bits per heavy atom. The van der Waals surface area contributed by atoms with Crippen LogP contribution >= 0.6 is 0 Å². The first-order chi connectivity index (χ1) is 13.1. The molecule has 0 fully saturated rings. The number of methoxy groups -OCH3 is 1. The Hall–Kier alpha value is -2.95. The quantitative estimate of drug-likeness (QED) is 0.737. The zero-order valence-corrected chi connectivity index (χ0v) is 15.6. The van der Waals surface area contributed by atoms with E-state index in [1.54, 1.807) is 6.92 Å². The van der Waals surface area contributed by atoms with Gasteiger partial charge in [-0.05, 0) is 37.3 Å². The molecule has 2 aromatic carbocycles. The van der Waals surface area contributed by atoms with Crippen LogP contribution in [0.25, 0.3) is 0 Å². The summed E-state index contributed by atoms with van der Waals surface area (Å²) in [5.41, 5.74) is -1.77. The van der Waals surface area contributed by atoms with Crippen molar-refractivity contribution in [1.29, 1.82) is 0 Å². The highest BCUT2D eigenvalue weighted by molar-refractivity contribution is 7.92.